The van der Waals surface area contributed by atoms with Gasteiger partial charge in [0.05, 0.1) is 4.92 Å². The minimum atomic E-state index is -0.343. The molecule has 0 aromatic heterocycles. The lowest BCUT2D eigenvalue weighted by molar-refractivity contribution is -0.385. The summed E-state index contributed by atoms with van der Waals surface area (Å²) < 4.78 is 0. The van der Waals surface area contributed by atoms with Gasteiger partial charge in [-0.05, 0) is 50.9 Å². The molecule has 2 N–H and O–H groups in total. The average molecular weight is 249 g/mol. The first-order chi connectivity index (χ1) is 8.66. The van der Waals surface area contributed by atoms with Crippen molar-refractivity contribution >= 4 is 11.4 Å². The van der Waals surface area contributed by atoms with Crippen LogP contribution >= 0.6 is 0 Å². The molecule has 1 heterocycles. The second-order valence-corrected chi connectivity index (χ2v) is 4.85. The number of aryl methyl sites for hydroxylation is 1. The number of rotatable bonds is 4. The van der Waals surface area contributed by atoms with Crippen LogP contribution in [0.15, 0.2) is 18.2 Å². The third kappa shape index (κ3) is 3.20. The van der Waals surface area contributed by atoms with Gasteiger partial charge in [-0.3, -0.25) is 10.1 Å². The molecule has 1 aromatic rings. The maximum absolute atomic E-state index is 10.7. The Morgan fingerprint density at radius 1 is 1.56 bits per heavy atom. The molecule has 1 aliphatic heterocycles. The molecule has 18 heavy (non-hydrogen) atoms. The Bertz CT molecular complexity index is 428. The molecule has 0 amide bonds. The third-order valence-corrected chi connectivity index (χ3v) is 3.39. The van der Waals surface area contributed by atoms with E-state index in [-0.39, 0.29) is 10.6 Å². The first-order valence-corrected chi connectivity index (χ1v) is 6.36. The molecular weight excluding hydrogens is 230 g/mol. The van der Waals surface area contributed by atoms with Gasteiger partial charge in [-0.15, -0.1) is 0 Å². The molecule has 1 aromatic carbocycles. The number of piperidine rings is 1. The van der Waals surface area contributed by atoms with Crippen molar-refractivity contribution in [1.82, 2.24) is 5.32 Å². The van der Waals surface area contributed by atoms with Crippen LogP contribution in [-0.2, 0) is 0 Å². The summed E-state index contributed by atoms with van der Waals surface area (Å²) in [5.74, 6) is 0.647. The zero-order valence-electron chi connectivity index (χ0n) is 10.6. The molecule has 0 aliphatic carbocycles. The lowest BCUT2D eigenvalue weighted by Gasteiger charge is -2.23. The number of benzene rings is 1. The second kappa shape index (κ2) is 5.82. The molecule has 1 atom stereocenters. The smallest absolute Gasteiger partial charge is 0.272 e. The molecule has 0 spiro atoms. The minimum Gasteiger partial charge on any atom is -0.385 e. The molecule has 5 heteroatoms. The average Bonchev–Trinajstić information content (AvgIpc) is 2.37. The number of nitrogens with zero attached hydrogens (tertiary/aromatic N) is 1. The van der Waals surface area contributed by atoms with Gasteiger partial charge >= 0.3 is 0 Å². The van der Waals surface area contributed by atoms with E-state index >= 15 is 0 Å². The fourth-order valence-corrected chi connectivity index (χ4v) is 2.33. The molecule has 1 fully saturated rings. The van der Waals surface area contributed by atoms with Crippen LogP contribution < -0.4 is 10.6 Å². The maximum atomic E-state index is 10.7. The van der Waals surface area contributed by atoms with Crippen molar-refractivity contribution in [1.29, 1.82) is 0 Å². The monoisotopic (exact) mass is 249 g/mol. The predicted molar refractivity (Wildman–Crippen MR) is 71.9 cm³/mol. The Balaban J connectivity index is 1.93. The van der Waals surface area contributed by atoms with Crippen LogP contribution in [0.2, 0.25) is 0 Å². The fourth-order valence-electron chi connectivity index (χ4n) is 2.33. The molecule has 98 valence electrons. The lowest BCUT2D eigenvalue weighted by atomic mass is 9.99. The minimum absolute atomic E-state index is 0.180. The standard InChI is InChI=1S/C13H19N3O2/c1-10-7-12(4-5-13(10)16(17)18)15-9-11-3-2-6-14-8-11/h4-5,7,11,14-15H,2-3,6,8-9H2,1H3. The van der Waals surface area contributed by atoms with E-state index in [9.17, 15) is 10.1 Å². The summed E-state index contributed by atoms with van der Waals surface area (Å²) in [5, 5.41) is 17.5. The highest BCUT2D eigenvalue weighted by molar-refractivity contribution is 5.53. The van der Waals surface area contributed by atoms with Crippen molar-refractivity contribution in [2.75, 3.05) is 25.0 Å². The summed E-state index contributed by atoms with van der Waals surface area (Å²) in [6, 6.07) is 5.19. The van der Waals surface area contributed by atoms with E-state index in [0.717, 1.165) is 25.3 Å². The van der Waals surface area contributed by atoms with E-state index in [1.54, 1.807) is 19.1 Å². The van der Waals surface area contributed by atoms with E-state index in [2.05, 4.69) is 10.6 Å². The Morgan fingerprint density at radius 3 is 3.00 bits per heavy atom. The predicted octanol–water partition coefficient (Wildman–Crippen LogP) is 2.31. The van der Waals surface area contributed by atoms with Crippen LogP contribution in [-0.4, -0.2) is 24.6 Å². The lowest BCUT2D eigenvalue weighted by Crippen LogP contribution is -2.33. The Labute approximate surface area is 107 Å². The number of anilines is 1. The van der Waals surface area contributed by atoms with Crippen LogP contribution in [0.25, 0.3) is 0 Å². The number of hydrogen-bond donors (Lipinski definition) is 2. The van der Waals surface area contributed by atoms with E-state index in [1.807, 2.05) is 6.07 Å². The maximum Gasteiger partial charge on any atom is 0.272 e. The van der Waals surface area contributed by atoms with Gasteiger partial charge in [0.15, 0.2) is 0 Å². The topological polar surface area (TPSA) is 67.2 Å². The third-order valence-electron chi connectivity index (χ3n) is 3.39. The molecule has 5 nitrogen and oxygen atoms in total. The van der Waals surface area contributed by atoms with Crippen LogP contribution in [0.4, 0.5) is 11.4 Å². The highest BCUT2D eigenvalue weighted by Gasteiger charge is 2.13. The molecule has 0 saturated carbocycles. The Morgan fingerprint density at radius 2 is 2.39 bits per heavy atom. The quantitative estimate of drug-likeness (QED) is 0.634. The van der Waals surface area contributed by atoms with E-state index in [4.69, 9.17) is 0 Å². The summed E-state index contributed by atoms with van der Waals surface area (Å²) in [5.41, 5.74) is 1.84. The van der Waals surface area contributed by atoms with Gasteiger partial charge in [-0.1, -0.05) is 0 Å². The number of nitro groups is 1. The molecule has 1 aliphatic rings. The van der Waals surface area contributed by atoms with Crippen LogP contribution in [0.1, 0.15) is 18.4 Å². The molecule has 1 saturated heterocycles. The van der Waals surface area contributed by atoms with Crippen LogP contribution in [0.3, 0.4) is 0 Å². The normalized spacial score (nSPS) is 19.5. The molecule has 1 unspecified atom stereocenters. The summed E-state index contributed by atoms with van der Waals surface area (Å²) in [6.07, 6.45) is 2.47. The number of hydrogen-bond acceptors (Lipinski definition) is 4. The number of nitrogens with one attached hydrogen (secondary N) is 2. The van der Waals surface area contributed by atoms with Gasteiger partial charge in [0.1, 0.15) is 0 Å². The van der Waals surface area contributed by atoms with Gasteiger partial charge in [0, 0.05) is 23.9 Å². The molecule has 0 radical (unpaired) electrons. The van der Waals surface area contributed by atoms with E-state index in [0.29, 0.717) is 11.5 Å². The largest absolute Gasteiger partial charge is 0.385 e. The van der Waals surface area contributed by atoms with Crippen LogP contribution in [0.5, 0.6) is 0 Å². The van der Waals surface area contributed by atoms with Gasteiger partial charge in [0.2, 0.25) is 0 Å². The summed E-state index contributed by atoms with van der Waals surface area (Å²) in [4.78, 5) is 10.4. The van der Waals surface area contributed by atoms with Crippen molar-refractivity contribution in [2.24, 2.45) is 5.92 Å². The van der Waals surface area contributed by atoms with Crippen molar-refractivity contribution in [3.05, 3.63) is 33.9 Å². The summed E-state index contributed by atoms with van der Waals surface area (Å²) >= 11 is 0. The Hall–Kier alpha value is -1.62. The van der Waals surface area contributed by atoms with Crippen molar-refractivity contribution in [2.45, 2.75) is 19.8 Å². The molecular formula is C13H19N3O2. The van der Waals surface area contributed by atoms with Crippen molar-refractivity contribution in [3.63, 3.8) is 0 Å². The van der Waals surface area contributed by atoms with Gasteiger partial charge in [-0.25, -0.2) is 0 Å². The van der Waals surface area contributed by atoms with Gasteiger partial charge < -0.3 is 10.6 Å². The van der Waals surface area contributed by atoms with E-state index in [1.165, 1.54) is 12.8 Å². The fraction of sp³-hybridized carbons (Fsp3) is 0.538. The summed E-state index contributed by atoms with van der Waals surface area (Å²) in [6.45, 7) is 4.86. The highest BCUT2D eigenvalue weighted by atomic mass is 16.6. The molecule has 2 rings (SSSR count). The highest BCUT2D eigenvalue weighted by Crippen LogP contribution is 2.22. The molecule has 0 bridgehead atoms. The zero-order chi connectivity index (χ0) is 13.0. The zero-order valence-corrected chi connectivity index (χ0v) is 10.6. The Kier molecular flexibility index (Phi) is 4.15. The summed E-state index contributed by atoms with van der Waals surface area (Å²) in [7, 11) is 0. The SMILES string of the molecule is Cc1cc(NCC2CCCNC2)ccc1[N+](=O)[O-]. The first kappa shape index (κ1) is 12.8. The van der Waals surface area contributed by atoms with Crippen molar-refractivity contribution in [3.8, 4) is 0 Å². The first-order valence-electron chi connectivity index (χ1n) is 6.36. The van der Waals surface area contributed by atoms with Crippen molar-refractivity contribution < 1.29 is 4.92 Å². The number of nitro benzene ring substituents is 1. The van der Waals surface area contributed by atoms with Crippen LogP contribution in [0, 0.1) is 23.0 Å². The second-order valence-electron chi connectivity index (χ2n) is 4.85. The van der Waals surface area contributed by atoms with E-state index < -0.39 is 0 Å². The van der Waals surface area contributed by atoms with Gasteiger partial charge in [0.25, 0.3) is 5.69 Å². The van der Waals surface area contributed by atoms with Gasteiger partial charge in [-0.2, -0.15) is 0 Å².